The van der Waals surface area contributed by atoms with E-state index in [1.165, 1.54) is 0 Å². The molecule has 0 spiro atoms. The summed E-state index contributed by atoms with van der Waals surface area (Å²) < 4.78 is 23.2. The highest BCUT2D eigenvalue weighted by atomic mass is 32.2. The van der Waals surface area contributed by atoms with Crippen molar-refractivity contribution >= 4 is 27.3 Å². The molecule has 148 valence electrons. The summed E-state index contributed by atoms with van der Waals surface area (Å²) in [7, 11) is -3.54. The number of anilines is 1. The number of piperidine rings is 1. The summed E-state index contributed by atoms with van der Waals surface area (Å²) in [6.07, 6.45) is 2.99. The van der Waals surface area contributed by atoms with Crippen molar-refractivity contribution in [3.63, 3.8) is 0 Å². The number of sulfone groups is 1. The van der Waals surface area contributed by atoms with E-state index in [1.807, 2.05) is 18.2 Å². The predicted molar refractivity (Wildman–Crippen MR) is 104 cm³/mol. The van der Waals surface area contributed by atoms with Gasteiger partial charge in [0.1, 0.15) is 0 Å². The van der Waals surface area contributed by atoms with Crippen LogP contribution in [-0.2, 0) is 25.8 Å². The zero-order chi connectivity index (χ0) is 19.7. The highest BCUT2D eigenvalue weighted by Gasteiger charge is 2.48. The fourth-order valence-corrected chi connectivity index (χ4v) is 5.32. The van der Waals surface area contributed by atoms with E-state index < -0.39 is 20.5 Å². The molecule has 1 aromatic carbocycles. The Morgan fingerprint density at radius 2 is 2.00 bits per heavy atom. The molecule has 8 heteroatoms. The monoisotopic (exact) mass is 393 g/mol. The van der Waals surface area contributed by atoms with Crippen molar-refractivity contribution in [2.24, 2.45) is 0 Å². The lowest BCUT2D eigenvalue weighted by atomic mass is 9.94. The summed E-state index contributed by atoms with van der Waals surface area (Å²) >= 11 is 0. The number of carbonyl (C=O) groups excluding carboxylic acids is 2. The van der Waals surface area contributed by atoms with Crippen LogP contribution in [0.4, 0.5) is 5.69 Å². The Balaban J connectivity index is 1.68. The maximum absolute atomic E-state index is 12.7. The molecular formula is C19H27N3O4S. The molecule has 2 aliphatic heterocycles. The number of benzene rings is 1. The Hall–Kier alpha value is -1.93. The molecule has 2 amide bonds. The number of rotatable bonds is 6. The number of nitrogens with one attached hydrogen (secondary N) is 3. The van der Waals surface area contributed by atoms with Gasteiger partial charge in [-0.2, -0.15) is 0 Å². The van der Waals surface area contributed by atoms with Crippen LogP contribution in [0, 0.1) is 0 Å². The van der Waals surface area contributed by atoms with Gasteiger partial charge in [0.15, 0.2) is 14.6 Å². The van der Waals surface area contributed by atoms with Crippen LogP contribution in [0.3, 0.4) is 0 Å². The minimum absolute atomic E-state index is 0.0767. The molecule has 0 aliphatic carbocycles. The van der Waals surface area contributed by atoms with Gasteiger partial charge >= 0.3 is 0 Å². The third-order valence-electron chi connectivity index (χ3n) is 5.73. The second-order valence-electron chi connectivity index (χ2n) is 7.38. The molecule has 7 nitrogen and oxygen atoms in total. The lowest BCUT2D eigenvalue weighted by Gasteiger charge is -2.34. The predicted octanol–water partition coefficient (Wildman–Crippen LogP) is 0.958. The minimum Gasteiger partial charge on any atom is -0.355 e. The second-order valence-corrected chi connectivity index (χ2v) is 9.70. The number of amides is 2. The molecule has 27 heavy (non-hydrogen) atoms. The van der Waals surface area contributed by atoms with Crippen molar-refractivity contribution in [1.29, 1.82) is 0 Å². The summed E-state index contributed by atoms with van der Waals surface area (Å²) in [4.78, 5) is 25.1. The number of aryl methyl sites for hydroxylation is 1. The minimum atomic E-state index is -3.54. The van der Waals surface area contributed by atoms with Gasteiger partial charge in [0.2, 0.25) is 11.8 Å². The van der Waals surface area contributed by atoms with Crippen LogP contribution < -0.4 is 16.0 Å². The van der Waals surface area contributed by atoms with Crippen molar-refractivity contribution in [1.82, 2.24) is 10.6 Å². The molecule has 2 heterocycles. The van der Waals surface area contributed by atoms with Crippen LogP contribution in [-0.4, -0.2) is 50.9 Å². The lowest BCUT2D eigenvalue weighted by Crippen LogP contribution is -2.57. The molecule has 1 aromatic rings. The first kappa shape index (κ1) is 19.8. The molecule has 0 bridgehead atoms. The van der Waals surface area contributed by atoms with Crippen LogP contribution in [0.2, 0.25) is 0 Å². The van der Waals surface area contributed by atoms with Crippen LogP contribution in [0.1, 0.15) is 43.2 Å². The van der Waals surface area contributed by atoms with Gasteiger partial charge in [-0.05, 0) is 56.0 Å². The van der Waals surface area contributed by atoms with E-state index in [0.717, 1.165) is 29.5 Å². The first-order valence-corrected chi connectivity index (χ1v) is 11.3. The molecule has 1 saturated heterocycles. The molecule has 0 radical (unpaired) electrons. The maximum atomic E-state index is 12.7. The summed E-state index contributed by atoms with van der Waals surface area (Å²) in [5.41, 5.74) is 2.93. The molecule has 0 aromatic heterocycles. The molecule has 1 fully saturated rings. The van der Waals surface area contributed by atoms with E-state index in [-0.39, 0.29) is 31.2 Å². The average molecular weight is 394 g/mol. The van der Waals surface area contributed by atoms with E-state index in [0.29, 0.717) is 19.5 Å². The number of fused-ring (bicyclic) bond motifs is 1. The largest absolute Gasteiger partial charge is 0.355 e. The maximum Gasteiger partial charge on any atom is 0.241 e. The quantitative estimate of drug-likeness (QED) is 0.668. The summed E-state index contributed by atoms with van der Waals surface area (Å²) in [5.74, 6) is -0.853. The molecule has 1 unspecified atom stereocenters. The normalized spacial score (nSPS) is 21.4. The third-order valence-corrected chi connectivity index (χ3v) is 7.74. The van der Waals surface area contributed by atoms with Crippen LogP contribution in [0.15, 0.2) is 18.2 Å². The number of carbonyl (C=O) groups is 2. The molecule has 3 rings (SSSR count). The molecule has 3 N–H and O–H groups in total. The van der Waals surface area contributed by atoms with E-state index in [9.17, 15) is 18.0 Å². The van der Waals surface area contributed by atoms with Gasteiger partial charge < -0.3 is 16.0 Å². The molecule has 2 aliphatic rings. The van der Waals surface area contributed by atoms with Crippen molar-refractivity contribution in [2.75, 3.05) is 31.2 Å². The van der Waals surface area contributed by atoms with Gasteiger partial charge in [-0.3, -0.25) is 9.59 Å². The molecule has 0 saturated carbocycles. The van der Waals surface area contributed by atoms with Gasteiger partial charge in [-0.1, -0.05) is 19.1 Å². The van der Waals surface area contributed by atoms with Crippen LogP contribution in [0.5, 0.6) is 0 Å². The third kappa shape index (κ3) is 3.73. The number of hydrogen-bond donors (Lipinski definition) is 3. The van der Waals surface area contributed by atoms with Crippen molar-refractivity contribution in [3.05, 3.63) is 29.3 Å². The van der Waals surface area contributed by atoms with E-state index in [4.69, 9.17) is 0 Å². The number of hydrogen-bond acceptors (Lipinski definition) is 5. The van der Waals surface area contributed by atoms with Crippen molar-refractivity contribution < 1.29 is 18.0 Å². The lowest BCUT2D eigenvalue weighted by molar-refractivity contribution is -0.124. The Morgan fingerprint density at radius 1 is 1.30 bits per heavy atom. The summed E-state index contributed by atoms with van der Waals surface area (Å²) in [5, 5.41) is 8.75. The Kier molecular flexibility index (Phi) is 5.58. The first-order valence-electron chi connectivity index (χ1n) is 9.41. The Morgan fingerprint density at radius 3 is 2.63 bits per heavy atom. The van der Waals surface area contributed by atoms with E-state index >= 15 is 0 Å². The molecular weight excluding hydrogens is 366 g/mol. The van der Waals surface area contributed by atoms with Crippen LogP contribution in [0.25, 0.3) is 0 Å². The zero-order valence-corrected chi connectivity index (χ0v) is 16.6. The highest BCUT2D eigenvalue weighted by Crippen LogP contribution is 2.35. The van der Waals surface area contributed by atoms with Crippen LogP contribution >= 0.6 is 0 Å². The summed E-state index contributed by atoms with van der Waals surface area (Å²) in [6, 6.07) is 5.94. The Labute approximate surface area is 160 Å². The highest BCUT2D eigenvalue weighted by molar-refractivity contribution is 7.92. The van der Waals surface area contributed by atoms with Gasteiger partial charge in [0, 0.05) is 18.5 Å². The van der Waals surface area contributed by atoms with Gasteiger partial charge in [0.25, 0.3) is 0 Å². The second kappa shape index (κ2) is 7.59. The summed E-state index contributed by atoms with van der Waals surface area (Å²) in [6.45, 7) is 3.32. The van der Waals surface area contributed by atoms with Gasteiger partial charge in [-0.15, -0.1) is 0 Å². The standard InChI is InChI=1S/C19H27N3O4S/c1-3-13-4-5-16-15(12-13)14(17(23)22-16)6-9-21-18(24)19(27(2,25)26)7-10-20-11-8-19/h4-5,12,14,20H,3,6-11H2,1-2H3,(H,21,24)(H,22,23). The smallest absolute Gasteiger partial charge is 0.241 e. The fraction of sp³-hybridized carbons (Fsp3) is 0.579. The topological polar surface area (TPSA) is 104 Å². The van der Waals surface area contributed by atoms with Crippen molar-refractivity contribution in [3.8, 4) is 0 Å². The first-order chi connectivity index (χ1) is 12.8. The van der Waals surface area contributed by atoms with E-state index in [2.05, 4.69) is 22.9 Å². The van der Waals surface area contributed by atoms with Gasteiger partial charge in [-0.25, -0.2) is 8.42 Å². The fourth-order valence-electron chi connectivity index (χ4n) is 3.97. The zero-order valence-electron chi connectivity index (χ0n) is 15.8. The SMILES string of the molecule is CCc1ccc2c(c1)C(CCNC(=O)C1(S(C)(=O)=O)CCNCC1)C(=O)N2. The average Bonchev–Trinajstić information content (AvgIpc) is 2.96. The molecule has 1 atom stereocenters. The van der Waals surface area contributed by atoms with E-state index in [1.54, 1.807) is 0 Å². The Bertz CT molecular complexity index is 845. The van der Waals surface area contributed by atoms with Gasteiger partial charge in [0.05, 0.1) is 5.92 Å². The van der Waals surface area contributed by atoms with Crippen molar-refractivity contribution in [2.45, 2.75) is 43.3 Å².